The minimum absolute atomic E-state index is 0.000660. The summed E-state index contributed by atoms with van der Waals surface area (Å²) in [5, 5.41) is 2.57. The van der Waals surface area contributed by atoms with Crippen LogP contribution in [0.1, 0.15) is 38.5 Å². The highest BCUT2D eigenvalue weighted by Crippen LogP contribution is 2.25. The second kappa shape index (κ2) is 8.29. The van der Waals surface area contributed by atoms with Crippen LogP contribution in [0.3, 0.4) is 0 Å². The van der Waals surface area contributed by atoms with E-state index in [0.717, 1.165) is 25.7 Å². The highest BCUT2D eigenvalue weighted by atomic mass is 19.1. The van der Waals surface area contributed by atoms with Gasteiger partial charge in [-0.25, -0.2) is 4.39 Å². The summed E-state index contributed by atoms with van der Waals surface area (Å²) in [6, 6.07) is 5.94. The minimum Gasteiger partial charge on any atom is -0.336 e. The van der Waals surface area contributed by atoms with Gasteiger partial charge in [-0.2, -0.15) is 0 Å². The number of piperazine rings is 1. The Labute approximate surface area is 152 Å². The van der Waals surface area contributed by atoms with Crippen molar-refractivity contribution in [3.63, 3.8) is 0 Å². The Kier molecular flexibility index (Phi) is 5.85. The zero-order valence-corrected chi connectivity index (χ0v) is 14.7. The van der Waals surface area contributed by atoms with Gasteiger partial charge in [0.2, 0.25) is 17.7 Å². The van der Waals surface area contributed by atoms with Gasteiger partial charge in [-0.1, -0.05) is 18.9 Å². The summed E-state index contributed by atoms with van der Waals surface area (Å²) < 4.78 is 13.1. The molecule has 0 radical (unpaired) electrons. The topological polar surface area (TPSA) is 69.7 Å². The maximum absolute atomic E-state index is 13.1. The monoisotopic (exact) mass is 361 g/mol. The van der Waals surface area contributed by atoms with Crippen molar-refractivity contribution in [2.24, 2.45) is 0 Å². The Hall–Kier alpha value is -2.44. The second-order valence-corrected chi connectivity index (χ2v) is 6.90. The molecule has 1 N–H and O–H groups in total. The molecule has 1 heterocycles. The van der Waals surface area contributed by atoms with E-state index in [9.17, 15) is 18.8 Å². The predicted molar refractivity (Wildman–Crippen MR) is 94.8 cm³/mol. The Bertz CT molecular complexity index is 688. The van der Waals surface area contributed by atoms with Crippen LogP contribution < -0.4 is 5.32 Å². The minimum atomic E-state index is -0.433. The zero-order valence-electron chi connectivity index (χ0n) is 14.7. The number of carbonyl (C=O) groups is 3. The molecule has 1 aromatic carbocycles. The fraction of sp³-hybridized carbons (Fsp3) is 0.526. The van der Waals surface area contributed by atoms with Gasteiger partial charge in [0.05, 0.1) is 6.54 Å². The largest absolute Gasteiger partial charge is 0.336 e. The fourth-order valence-corrected chi connectivity index (χ4v) is 3.67. The number of hydrogen-bond donors (Lipinski definition) is 1. The molecule has 0 bridgehead atoms. The number of anilines is 1. The van der Waals surface area contributed by atoms with Gasteiger partial charge in [0, 0.05) is 37.7 Å². The molecule has 7 heteroatoms. The van der Waals surface area contributed by atoms with Crippen molar-refractivity contribution in [3.8, 4) is 0 Å². The molecular weight excluding hydrogens is 337 g/mol. The van der Waals surface area contributed by atoms with E-state index >= 15 is 0 Å². The van der Waals surface area contributed by atoms with Gasteiger partial charge in [0.1, 0.15) is 5.82 Å². The smallest absolute Gasteiger partial charge is 0.242 e. The van der Waals surface area contributed by atoms with Gasteiger partial charge in [0.25, 0.3) is 0 Å². The molecule has 3 amide bonds. The highest BCUT2D eigenvalue weighted by molar-refractivity contribution is 5.94. The third-order valence-electron chi connectivity index (χ3n) is 5.05. The van der Waals surface area contributed by atoms with Crippen LogP contribution >= 0.6 is 0 Å². The summed E-state index contributed by atoms with van der Waals surface area (Å²) in [6.45, 7) is 1.19. The summed E-state index contributed by atoms with van der Waals surface area (Å²) in [6.07, 6.45) is 4.49. The van der Waals surface area contributed by atoms with Crippen LogP contribution in [0.2, 0.25) is 0 Å². The molecule has 1 saturated carbocycles. The molecule has 3 rings (SSSR count). The summed E-state index contributed by atoms with van der Waals surface area (Å²) in [5.41, 5.74) is 0.364. The van der Waals surface area contributed by atoms with Crippen LogP contribution in [0.4, 0.5) is 10.1 Å². The maximum atomic E-state index is 13.1. The number of nitrogens with one attached hydrogen (secondary N) is 1. The summed E-state index contributed by atoms with van der Waals surface area (Å²) in [7, 11) is 0. The molecule has 1 aliphatic heterocycles. The number of rotatable bonds is 5. The van der Waals surface area contributed by atoms with E-state index in [2.05, 4.69) is 5.32 Å². The lowest BCUT2D eigenvalue weighted by molar-refractivity contribution is -0.147. The van der Waals surface area contributed by atoms with Crippen LogP contribution in [0.15, 0.2) is 24.3 Å². The molecule has 0 atom stereocenters. The second-order valence-electron chi connectivity index (χ2n) is 6.90. The third-order valence-corrected chi connectivity index (χ3v) is 5.05. The quantitative estimate of drug-likeness (QED) is 0.874. The van der Waals surface area contributed by atoms with Crippen molar-refractivity contribution >= 4 is 23.4 Å². The Morgan fingerprint density at radius 2 is 1.92 bits per heavy atom. The van der Waals surface area contributed by atoms with Crippen molar-refractivity contribution in [1.29, 1.82) is 0 Å². The highest BCUT2D eigenvalue weighted by Gasteiger charge is 2.32. The Balaban J connectivity index is 1.43. The lowest BCUT2D eigenvalue weighted by Gasteiger charge is -2.37. The van der Waals surface area contributed by atoms with Crippen molar-refractivity contribution in [2.45, 2.75) is 44.6 Å². The van der Waals surface area contributed by atoms with E-state index in [1.165, 1.54) is 23.1 Å². The van der Waals surface area contributed by atoms with Crippen molar-refractivity contribution in [3.05, 3.63) is 30.1 Å². The number of nitrogens with zero attached hydrogens (tertiary/aromatic N) is 2. The molecule has 140 valence electrons. The molecule has 0 unspecified atom stereocenters. The number of hydrogen-bond acceptors (Lipinski definition) is 3. The van der Waals surface area contributed by atoms with Gasteiger partial charge >= 0.3 is 0 Å². The standard InChI is InChI=1S/C19H24FN3O3/c20-14-4-3-5-15(12-14)21-17(24)8-9-18(25)22-10-11-23(19(26)13-22)16-6-1-2-7-16/h3-5,12,16H,1-2,6-11,13H2,(H,21,24). The molecule has 0 aromatic heterocycles. The normalized spacial score (nSPS) is 18.3. The SMILES string of the molecule is O=C(CCC(=O)N1CCN(C2CCCC2)C(=O)C1)Nc1cccc(F)c1. The molecule has 26 heavy (non-hydrogen) atoms. The van der Waals surface area contributed by atoms with Crippen LogP contribution in [-0.2, 0) is 14.4 Å². The van der Waals surface area contributed by atoms with E-state index < -0.39 is 5.82 Å². The van der Waals surface area contributed by atoms with Gasteiger partial charge in [-0.05, 0) is 31.0 Å². The molecule has 1 aliphatic carbocycles. The van der Waals surface area contributed by atoms with Crippen molar-refractivity contribution in [2.75, 3.05) is 25.0 Å². The number of halogens is 1. The Morgan fingerprint density at radius 3 is 2.62 bits per heavy atom. The van der Waals surface area contributed by atoms with E-state index in [0.29, 0.717) is 24.8 Å². The summed E-state index contributed by atoms with van der Waals surface area (Å²) in [5.74, 6) is -0.975. The first kappa shape index (κ1) is 18.4. The van der Waals surface area contributed by atoms with E-state index in [1.54, 1.807) is 6.07 Å². The van der Waals surface area contributed by atoms with Gasteiger partial charge < -0.3 is 15.1 Å². The molecule has 1 saturated heterocycles. The van der Waals surface area contributed by atoms with E-state index in [4.69, 9.17) is 0 Å². The van der Waals surface area contributed by atoms with Gasteiger partial charge in [0.15, 0.2) is 0 Å². The van der Waals surface area contributed by atoms with Gasteiger partial charge in [-0.3, -0.25) is 14.4 Å². The first-order valence-electron chi connectivity index (χ1n) is 9.15. The Morgan fingerprint density at radius 1 is 1.15 bits per heavy atom. The van der Waals surface area contributed by atoms with E-state index in [-0.39, 0.29) is 37.1 Å². The van der Waals surface area contributed by atoms with Crippen LogP contribution in [0, 0.1) is 5.82 Å². The fourth-order valence-electron chi connectivity index (χ4n) is 3.67. The van der Waals surface area contributed by atoms with Crippen LogP contribution in [0.25, 0.3) is 0 Å². The molecular formula is C19H24FN3O3. The lowest BCUT2D eigenvalue weighted by atomic mass is 10.1. The van der Waals surface area contributed by atoms with Crippen molar-refractivity contribution < 1.29 is 18.8 Å². The molecule has 2 aliphatic rings. The molecule has 0 spiro atoms. The van der Waals surface area contributed by atoms with Crippen LogP contribution in [0.5, 0.6) is 0 Å². The van der Waals surface area contributed by atoms with Crippen LogP contribution in [-0.4, -0.2) is 53.2 Å². The number of benzene rings is 1. The van der Waals surface area contributed by atoms with Gasteiger partial charge in [-0.15, -0.1) is 0 Å². The average Bonchev–Trinajstić information content (AvgIpc) is 3.14. The maximum Gasteiger partial charge on any atom is 0.242 e. The first-order chi connectivity index (χ1) is 12.5. The molecule has 2 fully saturated rings. The third kappa shape index (κ3) is 4.59. The molecule has 6 nitrogen and oxygen atoms in total. The van der Waals surface area contributed by atoms with E-state index in [1.807, 2.05) is 4.90 Å². The van der Waals surface area contributed by atoms with Crippen molar-refractivity contribution in [1.82, 2.24) is 9.80 Å². The predicted octanol–water partition coefficient (Wildman–Crippen LogP) is 2.16. The summed E-state index contributed by atoms with van der Waals surface area (Å²) >= 11 is 0. The zero-order chi connectivity index (χ0) is 18.5. The summed E-state index contributed by atoms with van der Waals surface area (Å²) in [4.78, 5) is 40.0. The average molecular weight is 361 g/mol. The number of amides is 3. The lowest BCUT2D eigenvalue weighted by Crippen LogP contribution is -2.54. The molecule has 1 aromatic rings. The first-order valence-corrected chi connectivity index (χ1v) is 9.15. The number of carbonyl (C=O) groups excluding carboxylic acids is 3.